The third-order valence-corrected chi connectivity index (χ3v) is 3.87. The molecule has 0 aliphatic heterocycles. The number of rotatable bonds is 6. The summed E-state index contributed by atoms with van der Waals surface area (Å²) in [6, 6.07) is 7.86. The predicted molar refractivity (Wildman–Crippen MR) is 76.1 cm³/mol. The highest BCUT2D eigenvalue weighted by Crippen LogP contribution is 2.22. The highest BCUT2D eigenvalue weighted by atomic mass is 16.4. The highest BCUT2D eigenvalue weighted by molar-refractivity contribution is 5.70. The van der Waals surface area contributed by atoms with Crippen molar-refractivity contribution in [1.82, 2.24) is 5.32 Å². The van der Waals surface area contributed by atoms with Gasteiger partial charge >= 0.3 is 5.97 Å². The van der Waals surface area contributed by atoms with Gasteiger partial charge in [-0.1, -0.05) is 43.5 Å². The molecule has 0 heterocycles. The van der Waals surface area contributed by atoms with Crippen molar-refractivity contribution in [1.29, 1.82) is 0 Å². The summed E-state index contributed by atoms with van der Waals surface area (Å²) in [4.78, 5) is 10.6. The van der Waals surface area contributed by atoms with Gasteiger partial charge in [0.05, 0.1) is 6.42 Å². The fraction of sp³-hybridized carbons (Fsp3) is 0.562. The summed E-state index contributed by atoms with van der Waals surface area (Å²) in [5, 5.41) is 12.2. The molecule has 104 valence electrons. The Morgan fingerprint density at radius 3 is 2.37 bits per heavy atom. The van der Waals surface area contributed by atoms with Gasteiger partial charge in [-0.15, -0.1) is 0 Å². The lowest BCUT2D eigenvalue weighted by Gasteiger charge is -2.21. The van der Waals surface area contributed by atoms with Crippen molar-refractivity contribution in [2.75, 3.05) is 6.54 Å². The van der Waals surface area contributed by atoms with Crippen molar-refractivity contribution >= 4 is 5.97 Å². The van der Waals surface area contributed by atoms with Gasteiger partial charge in [0.2, 0.25) is 0 Å². The average Bonchev–Trinajstić information content (AvgIpc) is 2.41. The molecule has 2 rings (SSSR count). The number of nitrogens with one attached hydrogen (secondary N) is 1. The van der Waals surface area contributed by atoms with Crippen LogP contribution in [-0.2, 0) is 17.8 Å². The molecule has 0 spiro atoms. The Kier molecular flexibility index (Phi) is 5.40. The zero-order chi connectivity index (χ0) is 13.5. The smallest absolute Gasteiger partial charge is 0.307 e. The molecule has 1 fully saturated rings. The van der Waals surface area contributed by atoms with E-state index in [9.17, 15) is 4.79 Å². The molecule has 0 aromatic heterocycles. The van der Waals surface area contributed by atoms with Gasteiger partial charge in [-0.3, -0.25) is 4.79 Å². The Morgan fingerprint density at radius 1 is 1.11 bits per heavy atom. The van der Waals surface area contributed by atoms with Crippen LogP contribution in [0, 0.1) is 5.92 Å². The van der Waals surface area contributed by atoms with Crippen LogP contribution in [-0.4, -0.2) is 17.6 Å². The molecule has 0 radical (unpaired) electrons. The van der Waals surface area contributed by atoms with Crippen LogP contribution >= 0.6 is 0 Å². The summed E-state index contributed by atoms with van der Waals surface area (Å²) < 4.78 is 0. The van der Waals surface area contributed by atoms with Crippen LogP contribution in [0.2, 0.25) is 0 Å². The first kappa shape index (κ1) is 14.1. The van der Waals surface area contributed by atoms with Gasteiger partial charge in [0.25, 0.3) is 0 Å². The molecule has 1 aliphatic carbocycles. The number of carbonyl (C=O) groups is 1. The zero-order valence-electron chi connectivity index (χ0n) is 11.4. The van der Waals surface area contributed by atoms with Gasteiger partial charge in [-0.2, -0.15) is 0 Å². The minimum absolute atomic E-state index is 0.107. The summed E-state index contributed by atoms with van der Waals surface area (Å²) in [6.45, 7) is 1.99. The summed E-state index contributed by atoms with van der Waals surface area (Å²) in [7, 11) is 0. The van der Waals surface area contributed by atoms with E-state index in [2.05, 4.69) is 5.32 Å². The summed E-state index contributed by atoms with van der Waals surface area (Å²) in [5.41, 5.74) is 2.09. The topological polar surface area (TPSA) is 49.3 Å². The maximum atomic E-state index is 10.6. The minimum atomic E-state index is -0.775. The fourth-order valence-corrected chi connectivity index (χ4v) is 2.76. The number of hydrogen-bond acceptors (Lipinski definition) is 2. The van der Waals surface area contributed by atoms with Gasteiger partial charge in [0.15, 0.2) is 0 Å². The quantitative estimate of drug-likeness (QED) is 0.827. The van der Waals surface area contributed by atoms with Crippen molar-refractivity contribution in [3.8, 4) is 0 Å². The molecule has 1 aromatic carbocycles. The van der Waals surface area contributed by atoms with Gasteiger partial charge in [0.1, 0.15) is 0 Å². The highest BCUT2D eigenvalue weighted by Gasteiger charge is 2.12. The first-order valence-electron chi connectivity index (χ1n) is 7.24. The third kappa shape index (κ3) is 5.03. The van der Waals surface area contributed by atoms with Crippen LogP contribution in [0.3, 0.4) is 0 Å². The standard InChI is InChI=1S/C16H23NO2/c18-16(19)10-13-6-8-15(9-7-13)12-17-11-14-4-2-1-3-5-14/h6-9,14,17H,1-5,10-12H2,(H,18,19). The van der Waals surface area contributed by atoms with E-state index in [4.69, 9.17) is 5.11 Å². The van der Waals surface area contributed by atoms with Crippen LogP contribution in [0.15, 0.2) is 24.3 Å². The van der Waals surface area contributed by atoms with E-state index < -0.39 is 5.97 Å². The van der Waals surface area contributed by atoms with Crippen LogP contribution in [0.5, 0.6) is 0 Å². The van der Waals surface area contributed by atoms with Crippen LogP contribution in [0.4, 0.5) is 0 Å². The Labute approximate surface area is 115 Å². The van der Waals surface area contributed by atoms with Gasteiger partial charge in [-0.25, -0.2) is 0 Å². The maximum absolute atomic E-state index is 10.6. The van der Waals surface area contributed by atoms with Gasteiger partial charge in [-0.05, 0) is 36.4 Å². The van der Waals surface area contributed by atoms with E-state index in [1.807, 2.05) is 24.3 Å². The summed E-state index contributed by atoms with van der Waals surface area (Å²) in [5.74, 6) is 0.0724. The van der Waals surface area contributed by atoms with E-state index >= 15 is 0 Å². The van der Waals surface area contributed by atoms with Crippen molar-refractivity contribution < 1.29 is 9.90 Å². The molecule has 3 heteroatoms. The molecular formula is C16H23NO2. The molecule has 2 N–H and O–H groups in total. The molecule has 0 atom stereocenters. The molecule has 1 aromatic rings. The van der Waals surface area contributed by atoms with Crippen LogP contribution in [0.25, 0.3) is 0 Å². The second kappa shape index (κ2) is 7.29. The predicted octanol–water partition coefficient (Wildman–Crippen LogP) is 2.98. The van der Waals surface area contributed by atoms with Crippen molar-refractivity contribution in [2.45, 2.75) is 45.1 Å². The fourth-order valence-electron chi connectivity index (χ4n) is 2.76. The van der Waals surface area contributed by atoms with Crippen molar-refractivity contribution in [3.63, 3.8) is 0 Å². The molecule has 19 heavy (non-hydrogen) atoms. The molecule has 1 saturated carbocycles. The van der Waals surface area contributed by atoms with Crippen molar-refractivity contribution in [2.24, 2.45) is 5.92 Å². The van der Waals surface area contributed by atoms with E-state index in [1.165, 1.54) is 37.7 Å². The maximum Gasteiger partial charge on any atom is 0.307 e. The molecule has 0 bridgehead atoms. The van der Waals surface area contributed by atoms with Crippen LogP contribution < -0.4 is 5.32 Å². The Bertz CT molecular complexity index is 394. The van der Waals surface area contributed by atoms with E-state index in [0.717, 1.165) is 24.6 Å². The monoisotopic (exact) mass is 261 g/mol. The first-order valence-corrected chi connectivity index (χ1v) is 7.24. The second-order valence-electron chi connectivity index (χ2n) is 5.52. The van der Waals surface area contributed by atoms with E-state index in [0.29, 0.717) is 0 Å². The van der Waals surface area contributed by atoms with Gasteiger partial charge < -0.3 is 10.4 Å². The third-order valence-electron chi connectivity index (χ3n) is 3.87. The summed E-state index contributed by atoms with van der Waals surface area (Å²) >= 11 is 0. The SMILES string of the molecule is O=C(O)Cc1ccc(CNCC2CCCCC2)cc1. The second-order valence-corrected chi connectivity index (χ2v) is 5.52. The lowest BCUT2D eigenvalue weighted by molar-refractivity contribution is -0.136. The molecule has 0 amide bonds. The number of aliphatic carboxylic acids is 1. The number of benzene rings is 1. The van der Waals surface area contributed by atoms with E-state index in [-0.39, 0.29) is 6.42 Å². The molecule has 0 unspecified atom stereocenters. The minimum Gasteiger partial charge on any atom is -0.481 e. The number of hydrogen-bond donors (Lipinski definition) is 2. The molecule has 0 saturated heterocycles. The lowest BCUT2D eigenvalue weighted by Crippen LogP contribution is -2.24. The number of carboxylic acids is 1. The Balaban J connectivity index is 1.71. The first-order chi connectivity index (χ1) is 9.24. The summed E-state index contributed by atoms with van der Waals surface area (Å²) in [6.07, 6.45) is 7.01. The van der Waals surface area contributed by atoms with E-state index in [1.54, 1.807) is 0 Å². The Morgan fingerprint density at radius 2 is 1.74 bits per heavy atom. The zero-order valence-corrected chi connectivity index (χ0v) is 11.4. The van der Waals surface area contributed by atoms with Crippen LogP contribution in [0.1, 0.15) is 43.2 Å². The lowest BCUT2D eigenvalue weighted by atomic mass is 9.89. The largest absolute Gasteiger partial charge is 0.481 e. The normalized spacial score (nSPS) is 16.4. The van der Waals surface area contributed by atoms with Crippen molar-refractivity contribution in [3.05, 3.63) is 35.4 Å². The molecule has 1 aliphatic rings. The average molecular weight is 261 g/mol. The molecular weight excluding hydrogens is 238 g/mol. The van der Waals surface area contributed by atoms with Gasteiger partial charge in [0, 0.05) is 6.54 Å². The number of carboxylic acid groups (broad SMARTS) is 1. The Hall–Kier alpha value is -1.35. The molecule has 3 nitrogen and oxygen atoms in total.